The molecule has 0 amide bonds. The summed E-state index contributed by atoms with van der Waals surface area (Å²) in [7, 11) is -2.28. The fraction of sp³-hybridized carbons (Fsp3) is 0.294. The smallest absolute Gasteiger partial charge is 0.243 e. The second kappa shape index (κ2) is 8.21. The maximum absolute atomic E-state index is 12.7. The lowest BCUT2D eigenvalue weighted by Crippen LogP contribution is -2.27. The van der Waals surface area contributed by atoms with E-state index >= 15 is 0 Å². The highest BCUT2D eigenvalue weighted by molar-refractivity contribution is 7.89. The van der Waals surface area contributed by atoms with Crippen molar-refractivity contribution in [3.05, 3.63) is 54.1 Å². The van der Waals surface area contributed by atoms with Gasteiger partial charge in [-0.1, -0.05) is 48.5 Å². The molecule has 0 aliphatic rings. The molecule has 0 saturated carbocycles. The maximum Gasteiger partial charge on any atom is 0.243 e. The molecule has 0 fully saturated rings. The molecule has 0 aliphatic heterocycles. The number of hydrogen-bond donors (Lipinski definition) is 1. The highest BCUT2D eigenvalue weighted by Crippen LogP contribution is 2.30. The Labute approximate surface area is 137 Å². The molecule has 2 rings (SSSR count). The molecule has 0 heterocycles. The van der Waals surface area contributed by atoms with Gasteiger partial charge in [-0.25, -0.2) is 8.42 Å². The Morgan fingerprint density at radius 1 is 1.04 bits per heavy atom. The monoisotopic (exact) mass is 335 g/mol. The van der Waals surface area contributed by atoms with E-state index in [1.807, 2.05) is 43.3 Å². The summed E-state index contributed by atoms with van der Waals surface area (Å²) in [6.07, 6.45) is 0. The Bertz CT molecular complexity index is 730. The molecule has 0 unspecified atom stereocenters. The van der Waals surface area contributed by atoms with Crippen LogP contribution in [0.5, 0.6) is 0 Å². The van der Waals surface area contributed by atoms with Crippen LogP contribution in [0.4, 0.5) is 0 Å². The average Bonchev–Trinajstić information content (AvgIpc) is 2.58. The number of hydrogen-bond acceptors (Lipinski definition) is 4. The first-order valence-corrected chi connectivity index (χ1v) is 8.82. The molecule has 0 aliphatic carbocycles. The Kier molecular flexibility index (Phi) is 6.29. The molecule has 1 N–H and O–H groups in total. The van der Waals surface area contributed by atoms with Crippen LogP contribution >= 0.6 is 0 Å². The van der Waals surface area contributed by atoms with E-state index in [4.69, 9.17) is 9.47 Å². The molecular weight excluding hydrogens is 314 g/mol. The van der Waals surface area contributed by atoms with Gasteiger partial charge in [-0.2, -0.15) is 4.72 Å². The van der Waals surface area contributed by atoms with Gasteiger partial charge in [-0.15, -0.1) is 0 Å². The van der Waals surface area contributed by atoms with Gasteiger partial charge >= 0.3 is 0 Å². The fourth-order valence-corrected chi connectivity index (χ4v) is 3.65. The van der Waals surface area contributed by atoms with Crippen molar-refractivity contribution in [1.82, 2.24) is 4.72 Å². The number of methoxy groups -OCH3 is 1. The SMILES string of the molecule is CCOCc1cccc(-c2ccccc2)c1S(=O)(=O)NCOC. The van der Waals surface area contributed by atoms with Crippen molar-refractivity contribution >= 4 is 10.0 Å². The third kappa shape index (κ3) is 4.39. The second-order valence-corrected chi connectivity index (χ2v) is 6.58. The molecule has 0 bridgehead atoms. The molecular formula is C17H21NO4S. The number of sulfonamides is 1. The van der Waals surface area contributed by atoms with Gasteiger partial charge in [0.2, 0.25) is 10.0 Å². The van der Waals surface area contributed by atoms with Gasteiger partial charge in [0.25, 0.3) is 0 Å². The van der Waals surface area contributed by atoms with Crippen molar-refractivity contribution in [2.75, 3.05) is 20.4 Å². The van der Waals surface area contributed by atoms with Gasteiger partial charge in [-0.05, 0) is 18.1 Å². The lowest BCUT2D eigenvalue weighted by molar-refractivity contribution is 0.132. The van der Waals surface area contributed by atoms with Crippen LogP contribution in [0.2, 0.25) is 0 Å². The van der Waals surface area contributed by atoms with Crippen LogP contribution in [0, 0.1) is 0 Å². The Morgan fingerprint density at radius 2 is 1.78 bits per heavy atom. The average molecular weight is 335 g/mol. The molecule has 5 nitrogen and oxygen atoms in total. The first-order chi connectivity index (χ1) is 11.1. The fourth-order valence-electron chi connectivity index (χ4n) is 2.28. The molecule has 0 aromatic heterocycles. The normalized spacial score (nSPS) is 11.6. The number of ether oxygens (including phenoxy) is 2. The predicted molar refractivity (Wildman–Crippen MR) is 89.4 cm³/mol. The van der Waals surface area contributed by atoms with E-state index in [2.05, 4.69) is 4.72 Å². The minimum absolute atomic E-state index is 0.0838. The Balaban J connectivity index is 2.58. The highest BCUT2D eigenvalue weighted by Gasteiger charge is 2.23. The Hall–Kier alpha value is -1.73. The van der Waals surface area contributed by atoms with Crippen LogP contribution in [-0.2, 0) is 26.1 Å². The molecule has 2 aromatic rings. The van der Waals surface area contributed by atoms with Gasteiger partial charge in [0.15, 0.2) is 0 Å². The van der Waals surface area contributed by atoms with E-state index in [-0.39, 0.29) is 18.2 Å². The largest absolute Gasteiger partial charge is 0.377 e. The summed E-state index contributed by atoms with van der Waals surface area (Å²) in [6, 6.07) is 14.8. The van der Waals surface area contributed by atoms with E-state index in [0.717, 1.165) is 5.56 Å². The van der Waals surface area contributed by atoms with Gasteiger partial charge < -0.3 is 9.47 Å². The summed E-state index contributed by atoms with van der Waals surface area (Å²) < 4.78 is 38.2. The standard InChI is InChI=1S/C17H21NO4S/c1-3-22-12-15-10-7-11-16(14-8-5-4-6-9-14)17(15)23(19,20)18-13-21-2/h4-11,18H,3,12-13H2,1-2H3. The summed E-state index contributed by atoms with van der Waals surface area (Å²) in [4.78, 5) is 0.233. The van der Waals surface area contributed by atoms with Crippen LogP contribution in [0.25, 0.3) is 11.1 Å². The predicted octanol–water partition coefficient (Wildman–Crippen LogP) is 2.77. The van der Waals surface area contributed by atoms with Crippen LogP contribution in [-0.4, -0.2) is 28.9 Å². The first kappa shape index (κ1) is 17.6. The van der Waals surface area contributed by atoms with E-state index in [1.54, 1.807) is 12.1 Å². The zero-order valence-corrected chi connectivity index (χ0v) is 14.1. The first-order valence-electron chi connectivity index (χ1n) is 7.33. The van der Waals surface area contributed by atoms with Crippen molar-refractivity contribution in [2.24, 2.45) is 0 Å². The summed E-state index contributed by atoms with van der Waals surface area (Å²) in [6.45, 7) is 2.54. The molecule has 0 radical (unpaired) electrons. The summed E-state index contributed by atoms with van der Waals surface area (Å²) in [5.41, 5.74) is 2.10. The zero-order chi connectivity index (χ0) is 16.7. The molecule has 0 saturated heterocycles. The van der Waals surface area contributed by atoms with E-state index in [1.165, 1.54) is 7.11 Å². The number of benzene rings is 2. The van der Waals surface area contributed by atoms with Crippen molar-refractivity contribution in [3.63, 3.8) is 0 Å². The minimum atomic E-state index is -3.72. The van der Waals surface area contributed by atoms with E-state index < -0.39 is 10.0 Å². The highest BCUT2D eigenvalue weighted by atomic mass is 32.2. The molecule has 2 aromatic carbocycles. The molecule has 0 atom stereocenters. The number of rotatable bonds is 8. The topological polar surface area (TPSA) is 64.6 Å². The summed E-state index contributed by atoms with van der Waals surface area (Å²) >= 11 is 0. The molecule has 0 spiro atoms. The zero-order valence-electron chi connectivity index (χ0n) is 13.3. The van der Waals surface area contributed by atoms with E-state index in [0.29, 0.717) is 17.7 Å². The lowest BCUT2D eigenvalue weighted by Gasteiger charge is -2.16. The molecule has 23 heavy (non-hydrogen) atoms. The van der Waals surface area contributed by atoms with Crippen LogP contribution in [0.1, 0.15) is 12.5 Å². The van der Waals surface area contributed by atoms with Gasteiger partial charge in [0.1, 0.15) is 6.73 Å². The van der Waals surface area contributed by atoms with E-state index in [9.17, 15) is 8.42 Å². The quantitative estimate of drug-likeness (QED) is 0.754. The van der Waals surface area contributed by atoms with Crippen LogP contribution in [0.15, 0.2) is 53.4 Å². The van der Waals surface area contributed by atoms with Gasteiger partial charge in [0, 0.05) is 19.3 Å². The van der Waals surface area contributed by atoms with Crippen LogP contribution < -0.4 is 4.72 Å². The summed E-state index contributed by atoms with van der Waals surface area (Å²) in [5.74, 6) is 0. The lowest BCUT2D eigenvalue weighted by atomic mass is 10.0. The van der Waals surface area contributed by atoms with Crippen molar-refractivity contribution < 1.29 is 17.9 Å². The van der Waals surface area contributed by atoms with Crippen molar-refractivity contribution in [2.45, 2.75) is 18.4 Å². The minimum Gasteiger partial charge on any atom is -0.377 e. The summed E-state index contributed by atoms with van der Waals surface area (Å²) in [5, 5.41) is 0. The third-order valence-electron chi connectivity index (χ3n) is 3.31. The second-order valence-electron chi connectivity index (χ2n) is 4.88. The maximum atomic E-state index is 12.7. The Morgan fingerprint density at radius 3 is 2.43 bits per heavy atom. The van der Waals surface area contributed by atoms with Crippen molar-refractivity contribution in [3.8, 4) is 11.1 Å². The number of nitrogens with one attached hydrogen (secondary N) is 1. The third-order valence-corrected chi connectivity index (χ3v) is 4.82. The van der Waals surface area contributed by atoms with Crippen molar-refractivity contribution in [1.29, 1.82) is 0 Å². The molecule has 6 heteroatoms. The van der Waals surface area contributed by atoms with Gasteiger partial charge in [0.05, 0.1) is 11.5 Å². The van der Waals surface area contributed by atoms with Gasteiger partial charge in [-0.3, -0.25) is 0 Å². The molecule has 124 valence electrons. The van der Waals surface area contributed by atoms with Crippen LogP contribution in [0.3, 0.4) is 0 Å².